The number of aryl methyl sites for hydroxylation is 1. The number of para-hydroxylation sites is 3. The number of hydrogen-bond donors (Lipinski definition) is 1. The monoisotopic (exact) mass is 512 g/mol. The number of carbonyl (C=O) groups excluding carboxylic acids is 1. The molecule has 0 aliphatic carbocycles. The molecule has 0 aromatic heterocycles. The lowest BCUT2D eigenvalue weighted by molar-refractivity contribution is 0.255. The summed E-state index contributed by atoms with van der Waals surface area (Å²) >= 11 is 0. The minimum absolute atomic E-state index is 0.160. The highest BCUT2D eigenvalue weighted by Crippen LogP contribution is 2.49. The van der Waals surface area contributed by atoms with Crippen LogP contribution in [0, 0.1) is 6.92 Å². The lowest BCUT2D eigenvalue weighted by atomic mass is 10.1. The Hall–Kier alpha value is -4.30. The maximum Gasteiger partial charge on any atom is 0.328 e. The Morgan fingerprint density at radius 1 is 0.784 bits per heavy atom. The SMILES string of the molecule is Cc1ccc(S(=O)(=O)N2c3ccccc3N(C(=O)Nc3ccccc3)[C@H]2c2ccc(N(C)C)cc2)cc1. The number of amides is 2. The fourth-order valence-electron chi connectivity index (χ4n) is 4.46. The summed E-state index contributed by atoms with van der Waals surface area (Å²) in [6.07, 6.45) is -0.927. The average molecular weight is 513 g/mol. The molecule has 0 radical (unpaired) electrons. The van der Waals surface area contributed by atoms with E-state index < -0.39 is 22.2 Å². The molecule has 2 amide bonds. The molecule has 4 aromatic rings. The first-order valence-corrected chi connectivity index (χ1v) is 13.3. The Morgan fingerprint density at radius 3 is 2.00 bits per heavy atom. The second-order valence-electron chi connectivity index (χ2n) is 9.13. The highest BCUT2D eigenvalue weighted by atomic mass is 32.2. The van der Waals surface area contributed by atoms with Crippen molar-refractivity contribution < 1.29 is 13.2 Å². The van der Waals surface area contributed by atoms with Crippen molar-refractivity contribution >= 4 is 38.8 Å². The number of carbonyl (C=O) groups is 1. The van der Waals surface area contributed by atoms with Crippen molar-refractivity contribution in [1.29, 1.82) is 0 Å². The number of anilines is 4. The first-order valence-electron chi connectivity index (χ1n) is 11.9. The van der Waals surface area contributed by atoms with Crippen molar-refractivity contribution in [1.82, 2.24) is 0 Å². The Kier molecular flexibility index (Phi) is 6.35. The quantitative estimate of drug-likeness (QED) is 0.356. The van der Waals surface area contributed by atoms with E-state index in [0.29, 0.717) is 22.6 Å². The fraction of sp³-hybridized carbons (Fsp3) is 0.138. The highest BCUT2D eigenvalue weighted by molar-refractivity contribution is 7.92. The predicted octanol–water partition coefficient (Wildman–Crippen LogP) is 6.01. The van der Waals surface area contributed by atoms with Crippen LogP contribution < -0.4 is 19.4 Å². The Labute approximate surface area is 217 Å². The van der Waals surface area contributed by atoms with Crippen LogP contribution in [-0.4, -0.2) is 28.5 Å². The van der Waals surface area contributed by atoms with E-state index in [0.717, 1.165) is 11.3 Å². The number of benzene rings is 4. The molecular weight excluding hydrogens is 484 g/mol. The van der Waals surface area contributed by atoms with Gasteiger partial charge in [0.05, 0.1) is 16.3 Å². The number of nitrogens with zero attached hydrogens (tertiary/aromatic N) is 3. The molecule has 0 saturated heterocycles. The molecule has 0 bridgehead atoms. The van der Waals surface area contributed by atoms with Gasteiger partial charge in [0, 0.05) is 25.5 Å². The van der Waals surface area contributed by atoms with Gasteiger partial charge in [0.1, 0.15) is 0 Å². The van der Waals surface area contributed by atoms with E-state index in [-0.39, 0.29) is 4.90 Å². The normalized spacial score (nSPS) is 14.8. The van der Waals surface area contributed by atoms with Crippen LogP contribution in [0.3, 0.4) is 0 Å². The number of sulfonamides is 1. The zero-order valence-electron chi connectivity index (χ0n) is 20.9. The van der Waals surface area contributed by atoms with Gasteiger partial charge in [0.2, 0.25) is 0 Å². The third-order valence-corrected chi connectivity index (χ3v) is 8.16. The highest BCUT2D eigenvalue weighted by Gasteiger charge is 2.46. The topological polar surface area (TPSA) is 73.0 Å². The molecule has 1 atom stereocenters. The molecule has 0 saturated carbocycles. The van der Waals surface area contributed by atoms with E-state index in [4.69, 9.17) is 0 Å². The van der Waals surface area contributed by atoms with E-state index in [1.807, 2.05) is 68.4 Å². The summed E-state index contributed by atoms with van der Waals surface area (Å²) in [5.41, 5.74) is 4.15. The van der Waals surface area contributed by atoms with Crippen molar-refractivity contribution in [2.24, 2.45) is 0 Å². The second kappa shape index (κ2) is 9.63. The van der Waals surface area contributed by atoms with Gasteiger partial charge in [0.25, 0.3) is 10.0 Å². The van der Waals surface area contributed by atoms with Gasteiger partial charge in [-0.15, -0.1) is 0 Å². The molecule has 0 spiro atoms. The van der Waals surface area contributed by atoms with Crippen LogP contribution in [0.15, 0.2) is 108 Å². The van der Waals surface area contributed by atoms with E-state index in [2.05, 4.69) is 5.32 Å². The molecular formula is C29H28N4O3S. The van der Waals surface area contributed by atoms with Crippen LogP contribution in [0.5, 0.6) is 0 Å². The van der Waals surface area contributed by atoms with Crippen LogP contribution in [0.4, 0.5) is 27.5 Å². The molecule has 0 unspecified atom stereocenters. The fourth-order valence-corrected chi connectivity index (χ4v) is 6.06. The van der Waals surface area contributed by atoms with Gasteiger partial charge in [-0.3, -0.25) is 4.90 Å². The molecule has 5 rings (SSSR count). The maximum atomic E-state index is 14.2. The van der Waals surface area contributed by atoms with Gasteiger partial charge >= 0.3 is 6.03 Å². The van der Waals surface area contributed by atoms with Gasteiger partial charge in [-0.2, -0.15) is 0 Å². The molecule has 4 aromatic carbocycles. The molecule has 188 valence electrons. The first kappa shape index (κ1) is 24.4. The van der Waals surface area contributed by atoms with Crippen LogP contribution in [0.25, 0.3) is 0 Å². The summed E-state index contributed by atoms with van der Waals surface area (Å²) in [4.78, 5) is 17.4. The molecule has 8 heteroatoms. The van der Waals surface area contributed by atoms with E-state index >= 15 is 0 Å². The third-order valence-electron chi connectivity index (χ3n) is 6.37. The van der Waals surface area contributed by atoms with Crippen molar-refractivity contribution in [3.63, 3.8) is 0 Å². The van der Waals surface area contributed by atoms with Crippen LogP contribution in [0.1, 0.15) is 17.3 Å². The van der Waals surface area contributed by atoms with Crippen LogP contribution in [0.2, 0.25) is 0 Å². The standard InChI is InChI=1S/C29H28N4O3S/c1-21-13-19-25(20-14-21)37(35,36)33-27-12-8-7-11-26(27)32(29(34)30-23-9-5-4-6-10-23)28(33)22-15-17-24(18-16-22)31(2)3/h4-20,28H,1-3H3,(H,30,34)/t28-/m1/s1. The summed E-state index contributed by atoms with van der Waals surface area (Å²) in [6.45, 7) is 1.91. The second-order valence-corrected chi connectivity index (χ2v) is 10.9. The minimum Gasteiger partial charge on any atom is -0.378 e. The Balaban J connectivity index is 1.68. The first-order chi connectivity index (χ1) is 17.8. The Morgan fingerprint density at radius 2 is 1.38 bits per heavy atom. The van der Waals surface area contributed by atoms with Gasteiger partial charge in [-0.25, -0.2) is 17.5 Å². The van der Waals surface area contributed by atoms with Crippen molar-refractivity contribution in [2.45, 2.75) is 18.0 Å². The van der Waals surface area contributed by atoms with Gasteiger partial charge in [-0.1, -0.05) is 60.2 Å². The smallest absolute Gasteiger partial charge is 0.328 e. The minimum atomic E-state index is -4.03. The number of fused-ring (bicyclic) bond motifs is 1. The molecule has 1 aliphatic rings. The average Bonchev–Trinajstić information content (AvgIpc) is 3.26. The molecule has 1 aliphatic heterocycles. The summed E-state index contributed by atoms with van der Waals surface area (Å²) in [7, 11) is -0.153. The number of rotatable bonds is 5. The summed E-state index contributed by atoms with van der Waals surface area (Å²) in [6, 6.07) is 30.1. The van der Waals surface area contributed by atoms with Crippen LogP contribution >= 0.6 is 0 Å². The molecule has 1 N–H and O–H groups in total. The zero-order valence-corrected chi connectivity index (χ0v) is 21.7. The number of hydrogen-bond acceptors (Lipinski definition) is 4. The van der Waals surface area contributed by atoms with E-state index in [1.165, 1.54) is 9.21 Å². The van der Waals surface area contributed by atoms with Gasteiger partial charge in [-0.05, 0) is 61.0 Å². The van der Waals surface area contributed by atoms with E-state index in [1.54, 1.807) is 60.7 Å². The molecule has 1 heterocycles. The number of urea groups is 1. The van der Waals surface area contributed by atoms with Gasteiger partial charge < -0.3 is 10.2 Å². The summed E-state index contributed by atoms with van der Waals surface area (Å²) in [5, 5.41) is 2.93. The molecule has 37 heavy (non-hydrogen) atoms. The van der Waals surface area contributed by atoms with Crippen molar-refractivity contribution in [3.05, 3.63) is 114 Å². The molecule has 0 fully saturated rings. The largest absolute Gasteiger partial charge is 0.378 e. The lowest BCUT2D eigenvalue weighted by Gasteiger charge is -2.32. The molecule has 7 nitrogen and oxygen atoms in total. The predicted molar refractivity (Wildman–Crippen MR) is 149 cm³/mol. The zero-order chi connectivity index (χ0) is 26.2. The van der Waals surface area contributed by atoms with Crippen molar-refractivity contribution in [3.8, 4) is 0 Å². The number of nitrogens with one attached hydrogen (secondary N) is 1. The Bertz CT molecular complexity index is 1520. The maximum absolute atomic E-state index is 14.2. The van der Waals surface area contributed by atoms with E-state index in [9.17, 15) is 13.2 Å². The van der Waals surface area contributed by atoms with Gasteiger partial charge in [0.15, 0.2) is 6.17 Å². The third kappa shape index (κ3) is 4.51. The summed E-state index contributed by atoms with van der Waals surface area (Å²) in [5.74, 6) is 0. The van der Waals surface area contributed by atoms with Crippen LogP contribution in [-0.2, 0) is 10.0 Å². The van der Waals surface area contributed by atoms with Crippen molar-refractivity contribution in [2.75, 3.05) is 33.5 Å². The summed E-state index contributed by atoms with van der Waals surface area (Å²) < 4.78 is 29.7. The lowest BCUT2D eigenvalue weighted by Crippen LogP contribution is -2.43.